The predicted octanol–water partition coefficient (Wildman–Crippen LogP) is -4.78. The van der Waals surface area contributed by atoms with Crippen molar-refractivity contribution in [3.8, 4) is 0 Å². The molecule has 0 amide bonds. The van der Waals surface area contributed by atoms with Gasteiger partial charge in [-0.25, -0.2) is 0 Å². The Hall–Kier alpha value is -2.00. The van der Waals surface area contributed by atoms with Gasteiger partial charge in [0, 0.05) is 14.2 Å². The van der Waals surface area contributed by atoms with E-state index in [4.69, 9.17) is 42.6 Å². The number of aliphatic hydroxyl groups excluding tert-OH is 8. The third-order valence-electron chi connectivity index (χ3n) is 9.16. The van der Waals surface area contributed by atoms with Gasteiger partial charge in [0.1, 0.15) is 97.7 Å². The minimum absolute atomic E-state index is 0. The minimum atomic E-state index is -2.11. The van der Waals surface area contributed by atoms with Gasteiger partial charge in [0.25, 0.3) is 0 Å². The molecule has 21 nitrogen and oxygen atoms in total. The van der Waals surface area contributed by atoms with Crippen LogP contribution in [0.2, 0.25) is 0 Å². The average molecular weight is 775 g/mol. The molecular weight excluding hydrogens is 720 g/mol. The van der Waals surface area contributed by atoms with Gasteiger partial charge in [0.2, 0.25) is 0 Å². The lowest BCUT2D eigenvalue weighted by Crippen LogP contribution is -2.68. The van der Waals surface area contributed by atoms with Gasteiger partial charge in [-0.15, -0.1) is 0 Å². The van der Waals surface area contributed by atoms with E-state index in [1.807, 2.05) is 0 Å². The molecule has 4 aliphatic heterocycles. The molecular formula is C32H54O21. The van der Waals surface area contributed by atoms with Gasteiger partial charge in [-0.2, -0.15) is 0 Å². The molecule has 4 fully saturated rings. The first-order valence-electron chi connectivity index (χ1n) is 16.0. The van der Waals surface area contributed by atoms with E-state index in [9.17, 15) is 60.0 Å². The number of hydrogen-bond acceptors (Lipinski definition) is 21. The molecule has 0 saturated carbocycles. The summed E-state index contributed by atoms with van der Waals surface area (Å²) in [5.41, 5.74) is 0. The van der Waals surface area contributed by atoms with Gasteiger partial charge in [-0.3, -0.25) is 19.2 Å². The Morgan fingerprint density at radius 1 is 0.377 bits per heavy atom. The quantitative estimate of drug-likeness (QED) is 0.0923. The van der Waals surface area contributed by atoms with Crippen molar-refractivity contribution in [1.29, 1.82) is 0 Å². The Balaban J connectivity index is 0.00000486. The van der Waals surface area contributed by atoms with E-state index in [1.165, 1.54) is 7.11 Å². The zero-order valence-corrected chi connectivity index (χ0v) is 28.4. The zero-order valence-electron chi connectivity index (χ0n) is 28.4. The van der Waals surface area contributed by atoms with Crippen LogP contribution in [0.15, 0.2) is 0 Å². The molecule has 20 atom stereocenters. The largest absolute Gasteiger partial charge is 0.387 e. The highest BCUT2D eigenvalue weighted by Crippen LogP contribution is 2.35. The first-order chi connectivity index (χ1) is 23.9. The number of Topliss-reactive ketones (excluding diaryl/α,β-unsaturated/α-hetero) is 4. The van der Waals surface area contributed by atoms with Crippen molar-refractivity contribution in [2.75, 3.05) is 14.2 Å². The summed E-state index contributed by atoms with van der Waals surface area (Å²) in [6, 6.07) is 0. The lowest BCUT2D eigenvalue weighted by Gasteiger charge is -2.48. The summed E-state index contributed by atoms with van der Waals surface area (Å²) in [4.78, 5) is 49.9. The van der Waals surface area contributed by atoms with Gasteiger partial charge in [0.15, 0.2) is 48.3 Å². The lowest BCUT2D eigenvalue weighted by atomic mass is 9.93. The summed E-state index contributed by atoms with van der Waals surface area (Å²) in [6.07, 6.45) is -35.9. The van der Waals surface area contributed by atoms with E-state index in [0.717, 1.165) is 34.8 Å². The van der Waals surface area contributed by atoms with Crippen molar-refractivity contribution in [2.45, 2.75) is 165 Å². The maximum absolute atomic E-state index is 12.7. The molecule has 21 heteroatoms. The third-order valence-corrected chi connectivity index (χ3v) is 9.16. The second-order valence-electron chi connectivity index (χ2n) is 12.8. The maximum Gasteiger partial charge on any atom is 0.187 e. The molecule has 4 heterocycles. The topological polar surface area (TPSA) is 313 Å². The fraction of sp³-hybridized carbons (Fsp3) is 0.875. The molecule has 0 spiro atoms. The van der Waals surface area contributed by atoms with Crippen LogP contribution in [0.5, 0.6) is 0 Å². The van der Waals surface area contributed by atoms with Crippen molar-refractivity contribution < 1.29 is 103 Å². The maximum atomic E-state index is 12.7. The van der Waals surface area contributed by atoms with Crippen LogP contribution < -0.4 is 0 Å². The van der Waals surface area contributed by atoms with Crippen LogP contribution in [0, 0.1) is 0 Å². The molecule has 0 radical (unpaired) electrons. The Bertz CT molecular complexity index is 1250. The first kappa shape index (κ1) is 47.2. The van der Waals surface area contributed by atoms with Crippen LogP contribution in [0.1, 0.15) is 42.5 Å². The fourth-order valence-electron chi connectivity index (χ4n) is 6.37. The molecule has 8 unspecified atom stereocenters. The van der Waals surface area contributed by atoms with E-state index in [1.54, 1.807) is 0 Å². The number of ether oxygens (including phenoxy) is 9. The number of carbonyl (C=O) groups excluding carboxylic acids is 4. The van der Waals surface area contributed by atoms with Crippen molar-refractivity contribution in [3.63, 3.8) is 0 Å². The molecule has 0 bridgehead atoms. The summed E-state index contributed by atoms with van der Waals surface area (Å²) >= 11 is 0. The van der Waals surface area contributed by atoms with Gasteiger partial charge in [0.05, 0.1) is 0 Å². The standard InChI is InChI=1S/C30H46O21.2CH4/c1-7(31)19-23(43-5)11(35)16(40)28(46-19)50-25-13(37)18(42)30(48-21(25)9(3)33)51-26-14(38)17(41)29(47-22(26)10(4)34)49-24-12(36)15(39)27(44-6)45-20(24)8(2)32;;/h11-30,35-42H,1-6H3;2*1H4/t11-,12?,13?,14+,15?,16?,17?,18?,19?,20-,21-,22?,23-,24-,25-,26-,27+,28-,29-,30-;;/m0../s1. The van der Waals surface area contributed by atoms with Crippen LogP contribution in [-0.4, -0.2) is 201 Å². The van der Waals surface area contributed by atoms with Gasteiger partial charge in [-0.1, -0.05) is 14.9 Å². The number of carbonyl (C=O) groups is 4. The van der Waals surface area contributed by atoms with Gasteiger partial charge < -0.3 is 83.5 Å². The number of ketones is 4. The van der Waals surface area contributed by atoms with Crippen LogP contribution in [-0.2, 0) is 61.8 Å². The molecule has 0 aromatic carbocycles. The van der Waals surface area contributed by atoms with Crippen LogP contribution in [0.4, 0.5) is 0 Å². The number of methoxy groups -OCH3 is 2. The molecule has 8 N–H and O–H groups in total. The van der Waals surface area contributed by atoms with E-state index in [-0.39, 0.29) is 14.9 Å². The average Bonchev–Trinajstić information content (AvgIpc) is 3.07. The van der Waals surface area contributed by atoms with Crippen molar-refractivity contribution in [2.24, 2.45) is 0 Å². The van der Waals surface area contributed by atoms with Gasteiger partial charge in [-0.05, 0) is 27.7 Å². The summed E-state index contributed by atoms with van der Waals surface area (Å²) < 4.78 is 48.9. The predicted molar refractivity (Wildman–Crippen MR) is 171 cm³/mol. The molecule has 0 aliphatic carbocycles. The Labute approximate surface area is 305 Å². The SMILES string of the molecule is C.C.CO[C@@H]1O[C@@H](C(C)=O)[C@@H](O[C@@H]2OC(C(C)=O)[C@@H](O[C@@H]3O[C@@H](C(C)=O)[C@@H](O[C@@H]4OC(C(C)=O)[C@@H](OC)[C@@H](O)C4O)C(O)C3O)[C@H](O)C2O)C(O)C1O. The van der Waals surface area contributed by atoms with Crippen LogP contribution >= 0.6 is 0 Å². The highest BCUT2D eigenvalue weighted by atomic mass is 16.8. The summed E-state index contributed by atoms with van der Waals surface area (Å²) in [5, 5.41) is 86.3. The zero-order chi connectivity index (χ0) is 38.2. The second kappa shape index (κ2) is 19.2. The van der Waals surface area contributed by atoms with E-state index < -0.39 is 146 Å². The molecule has 0 aromatic heterocycles. The van der Waals surface area contributed by atoms with Crippen LogP contribution in [0.3, 0.4) is 0 Å². The molecule has 0 aromatic rings. The summed E-state index contributed by atoms with van der Waals surface area (Å²) in [6.45, 7) is 4.24. The molecule has 4 aliphatic rings. The van der Waals surface area contributed by atoms with Crippen LogP contribution in [0.25, 0.3) is 0 Å². The molecule has 53 heavy (non-hydrogen) atoms. The highest BCUT2D eigenvalue weighted by Gasteiger charge is 2.57. The number of aliphatic hydroxyl groups is 8. The number of hydrogen-bond donors (Lipinski definition) is 8. The Morgan fingerprint density at radius 2 is 0.604 bits per heavy atom. The minimum Gasteiger partial charge on any atom is -0.387 e. The second-order valence-corrected chi connectivity index (χ2v) is 12.8. The highest BCUT2D eigenvalue weighted by molar-refractivity contribution is 5.83. The first-order valence-corrected chi connectivity index (χ1v) is 16.0. The third kappa shape index (κ3) is 9.52. The Morgan fingerprint density at radius 3 is 0.849 bits per heavy atom. The lowest BCUT2D eigenvalue weighted by molar-refractivity contribution is -0.376. The molecule has 308 valence electrons. The normalized spacial score (nSPS) is 46.0. The molecule has 4 rings (SSSR count). The summed E-state index contributed by atoms with van der Waals surface area (Å²) in [7, 11) is 2.32. The van der Waals surface area contributed by atoms with E-state index in [0.29, 0.717) is 0 Å². The van der Waals surface area contributed by atoms with E-state index in [2.05, 4.69) is 0 Å². The molecule has 4 saturated heterocycles. The van der Waals surface area contributed by atoms with Crippen molar-refractivity contribution >= 4 is 23.1 Å². The smallest absolute Gasteiger partial charge is 0.187 e. The summed E-state index contributed by atoms with van der Waals surface area (Å²) in [5.74, 6) is -2.92. The van der Waals surface area contributed by atoms with Crippen molar-refractivity contribution in [1.82, 2.24) is 0 Å². The Kier molecular flexibility index (Phi) is 17.1. The van der Waals surface area contributed by atoms with E-state index >= 15 is 0 Å². The monoisotopic (exact) mass is 774 g/mol. The van der Waals surface area contributed by atoms with Crippen molar-refractivity contribution in [3.05, 3.63) is 0 Å². The van der Waals surface area contributed by atoms with Gasteiger partial charge >= 0.3 is 0 Å². The number of rotatable bonds is 12. The fourth-order valence-corrected chi connectivity index (χ4v) is 6.37.